The molecule has 7 heteroatoms. The average molecular weight is 295 g/mol. The van der Waals surface area contributed by atoms with E-state index < -0.39 is 0 Å². The minimum Gasteiger partial charge on any atom is -0.485 e. The zero-order valence-electron chi connectivity index (χ0n) is 12.0. The molecule has 0 bridgehead atoms. The molecule has 1 rings (SSSR count). The maximum atomic E-state index is 11.7. The van der Waals surface area contributed by atoms with Crippen LogP contribution < -0.4 is 15.8 Å². The smallest absolute Gasteiger partial charge is 0.226 e. The number of nitrogens with one attached hydrogen (secondary N) is 1. The normalized spacial score (nSPS) is 11.2. The quantitative estimate of drug-likeness (QED) is 0.211. The largest absolute Gasteiger partial charge is 0.485 e. The van der Waals surface area contributed by atoms with Crippen LogP contribution in [0.2, 0.25) is 0 Å². The minimum absolute atomic E-state index is 0.0290. The van der Waals surface area contributed by atoms with Gasteiger partial charge in [-0.25, -0.2) is 0 Å². The standard InChI is InChI=1S/C14H21N3O4/c1-2-7-20-8-6-14(18)16-11-4-3-5-12(9-11)21-10-13(15)17-19/h3-5,9,19H,2,6-8,10H2,1H3,(H2,15,17)(H,16,18). The lowest BCUT2D eigenvalue weighted by Gasteiger charge is -2.09. The number of amidine groups is 1. The van der Waals surface area contributed by atoms with Crippen LogP contribution in [0.1, 0.15) is 19.8 Å². The van der Waals surface area contributed by atoms with Gasteiger partial charge in [0, 0.05) is 18.4 Å². The van der Waals surface area contributed by atoms with E-state index in [0.29, 0.717) is 31.1 Å². The Balaban J connectivity index is 2.43. The zero-order valence-corrected chi connectivity index (χ0v) is 12.0. The number of nitrogens with two attached hydrogens (primary N) is 1. The van der Waals surface area contributed by atoms with Crippen LogP contribution in [0.25, 0.3) is 0 Å². The van der Waals surface area contributed by atoms with Crippen molar-refractivity contribution in [1.82, 2.24) is 0 Å². The fraction of sp³-hybridized carbons (Fsp3) is 0.429. The SMILES string of the molecule is CCCOCCC(=O)Nc1cccc(OCC(N)=NO)c1. The van der Waals surface area contributed by atoms with Gasteiger partial charge in [0.15, 0.2) is 5.84 Å². The second-order valence-electron chi connectivity index (χ2n) is 4.32. The fourth-order valence-corrected chi connectivity index (χ4v) is 1.48. The molecule has 116 valence electrons. The Morgan fingerprint density at radius 3 is 2.95 bits per heavy atom. The van der Waals surface area contributed by atoms with Crippen LogP contribution in [0.3, 0.4) is 0 Å². The summed E-state index contributed by atoms with van der Waals surface area (Å²) in [6, 6.07) is 6.87. The fourth-order valence-electron chi connectivity index (χ4n) is 1.48. The molecule has 1 aromatic rings. The highest BCUT2D eigenvalue weighted by atomic mass is 16.5. The van der Waals surface area contributed by atoms with Gasteiger partial charge in [0.05, 0.1) is 13.0 Å². The summed E-state index contributed by atoms with van der Waals surface area (Å²) in [6.07, 6.45) is 1.23. The molecule has 0 unspecified atom stereocenters. The Bertz CT molecular complexity index is 477. The number of anilines is 1. The van der Waals surface area contributed by atoms with Gasteiger partial charge in [0.1, 0.15) is 12.4 Å². The maximum Gasteiger partial charge on any atom is 0.226 e. The second kappa shape index (κ2) is 9.60. The molecule has 7 nitrogen and oxygen atoms in total. The van der Waals surface area contributed by atoms with Crippen LogP contribution in [-0.2, 0) is 9.53 Å². The number of oxime groups is 1. The molecule has 4 N–H and O–H groups in total. The predicted octanol–water partition coefficient (Wildman–Crippen LogP) is 1.57. The number of benzene rings is 1. The van der Waals surface area contributed by atoms with Gasteiger partial charge in [0.25, 0.3) is 0 Å². The highest BCUT2D eigenvalue weighted by Gasteiger charge is 2.04. The lowest BCUT2D eigenvalue weighted by atomic mass is 10.3. The molecule has 0 aliphatic rings. The van der Waals surface area contributed by atoms with Crippen molar-refractivity contribution in [2.45, 2.75) is 19.8 Å². The van der Waals surface area contributed by atoms with Crippen molar-refractivity contribution in [2.24, 2.45) is 10.9 Å². The van der Waals surface area contributed by atoms with Gasteiger partial charge in [-0.1, -0.05) is 18.1 Å². The minimum atomic E-state index is -0.125. The highest BCUT2D eigenvalue weighted by molar-refractivity contribution is 5.91. The Hall–Kier alpha value is -2.28. The third-order valence-electron chi connectivity index (χ3n) is 2.45. The first-order valence-electron chi connectivity index (χ1n) is 6.72. The molecule has 0 aliphatic carbocycles. The molecular formula is C14H21N3O4. The molecule has 0 aromatic heterocycles. The van der Waals surface area contributed by atoms with E-state index in [1.165, 1.54) is 0 Å². The van der Waals surface area contributed by atoms with Crippen molar-refractivity contribution in [3.8, 4) is 5.75 Å². The number of nitrogens with zero attached hydrogens (tertiary/aromatic N) is 1. The Kier molecular flexibility index (Phi) is 7.67. The lowest BCUT2D eigenvalue weighted by Crippen LogP contribution is -2.20. The van der Waals surface area contributed by atoms with Gasteiger partial charge in [-0.05, 0) is 18.6 Å². The van der Waals surface area contributed by atoms with E-state index in [0.717, 1.165) is 6.42 Å². The summed E-state index contributed by atoms with van der Waals surface area (Å²) >= 11 is 0. The van der Waals surface area contributed by atoms with Crippen LogP contribution in [0, 0.1) is 0 Å². The van der Waals surface area contributed by atoms with Gasteiger partial charge in [-0.3, -0.25) is 4.79 Å². The van der Waals surface area contributed by atoms with Crippen LogP contribution >= 0.6 is 0 Å². The van der Waals surface area contributed by atoms with E-state index in [-0.39, 0.29) is 18.3 Å². The van der Waals surface area contributed by atoms with E-state index in [2.05, 4.69) is 10.5 Å². The first kappa shape index (κ1) is 16.8. The molecule has 0 heterocycles. The third kappa shape index (κ3) is 7.17. The summed E-state index contributed by atoms with van der Waals surface area (Å²) in [5.41, 5.74) is 5.93. The summed E-state index contributed by atoms with van der Waals surface area (Å²) in [4.78, 5) is 11.7. The first-order chi connectivity index (χ1) is 10.2. The third-order valence-corrected chi connectivity index (χ3v) is 2.45. The van der Waals surface area contributed by atoms with E-state index in [9.17, 15) is 4.79 Å². The number of ether oxygens (including phenoxy) is 2. The van der Waals surface area contributed by atoms with E-state index in [4.69, 9.17) is 20.4 Å². The van der Waals surface area contributed by atoms with Crippen molar-refractivity contribution in [1.29, 1.82) is 0 Å². The number of hydrogen-bond acceptors (Lipinski definition) is 5. The Morgan fingerprint density at radius 1 is 1.43 bits per heavy atom. The van der Waals surface area contributed by atoms with Crippen molar-refractivity contribution in [2.75, 3.05) is 25.1 Å². The molecule has 0 aliphatic heterocycles. The number of carbonyl (C=O) groups is 1. The van der Waals surface area contributed by atoms with Crippen molar-refractivity contribution >= 4 is 17.4 Å². The molecular weight excluding hydrogens is 274 g/mol. The maximum absolute atomic E-state index is 11.7. The summed E-state index contributed by atoms with van der Waals surface area (Å²) < 4.78 is 10.6. The Labute approximate surface area is 123 Å². The first-order valence-corrected chi connectivity index (χ1v) is 6.72. The number of carbonyl (C=O) groups excluding carboxylic acids is 1. The summed E-state index contributed by atoms with van der Waals surface area (Å²) in [7, 11) is 0. The van der Waals surface area contributed by atoms with Crippen molar-refractivity contribution in [3.05, 3.63) is 24.3 Å². The summed E-state index contributed by atoms with van der Waals surface area (Å²) in [5, 5.41) is 14.0. The van der Waals surface area contributed by atoms with E-state index >= 15 is 0 Å². The molecule has 0 atom stereocenters. The topological polar surface area (TPSA) is 106 Å². The van der Waals surface area contributed by atoms with Gasteiger partial charge in [-0.2, -0.15) is 0 Å². The van der Waals surface area contributed by atoms with Crippen LogP contribution in [0.4, 0.5) is 5.69 Å². The van der Waals surface area contributed by atoms with Crippen molar-refractivity contribution in [3.63, 3.8) is 0 Å². The lowest BCUT2D eigenvalue weighted by molar-refractivity contribution is -0.117. The summed E-state index contributed by atoms with van der Waals surface area (Å²) in [6.45, 7) is 3.04. The molecule has 0 radical (unpaired) electrons. The zero-order chi connectivity index (χ0) is 15.5. The second-order valence-corrected chi connectivity index (χ2v) is 4.32. The predicted molar refractivity (Wildman–Crippen MR) is 79.7 cm³/mol. The molecule has 0 fully saturated rings. The summed E-state index contributed by atoms with van der Waals surface area (Å²) in [5.74, 6) is 0.360. The molecule has 0 saturated heterocycles. The molecule has 21 heavy (non-hydrogen) atoms. The van der Waals surface area contributed by atoms with Crippen LogP contribution in [0.5, 0.6) is 5.75 Å². The van der Waals surface area contributed by atoms with Gasteiger partial charge >= 0.3 is 0 Å². The number of amides is 1. The Morgan fingerprint density at radius 2 is 2.24 bits per heavy atom. The average Bonchev–Trinajstić information content (AvgIpc) is 2.49. The van der Waals surface area contributed by atoms with Crippen molar-refractivity contribution < 1.29 is 19.5 Å². The molecule has 0 spiro atoms. The van der Waals surface area contributed by atoms with E-state index in [1.807, 2.05) is 6.92 Å². The highest BCUT2D eigenvalue weighted by Crippen LogP contribution is 2.17. The van der Waals surface area contributed by atoms with Gasteiger partial charge < -0.3 is 25.7 Å². The van der Waals surface area contributed by atoms with Crippen LogP contribution in [-0.4, -0.2) is 36.8 Å². The van der Waals surface area contributed by atoms with Gasteiger partial charge in [-0.15, -0.1) is 0 Å². The molecule has 1 aromatic carbocycles. The monoisotopic (exact) mass is 295 g/mol. The molecule has 0 saturated carbocycles. The number of rotatable bonds is 9. The van der Waals surface area contributed by atoms with Crippen LogP contribution in [0.15, 0.2) is 29.4 Å². The van der Waals surface area contributed by atoms with Gasteiger partial charge in [0.2, 0.25) is 5.91 Å². The molecule has 1 amide bonds. The van der Waals surface area contributed by atoms with E-state index in [1.54, 1.807) is 24.3 Å². The number of hydrogen-bond donors (Lipinski definition) is 3.